The van der Waals surface area contributed by atoms with Crippen LogP contribution in [-0.2, 0) is 0 Å². The summed E-state index contributed by atoms with van der Waals surface area (Å²) in [4.78, 5) is 2.14. The highest BCUT2D eigenvalue weighted by Crippen LogP contribution is 2.27. The minimum absolute atomic E-state index is 1.06. The van der Waals surface area contributed by atoms with Gasteiger partial charge in [0.15, 0.2) is 0 Å². The molecule has 1 rings (SSSR count). The lowest BCUT2D eigenvalue weighted by molar-refractivity contribution is 0.645. The third-order valence-corrected chi connectivity index (χ3v) is 3.53. The summed E-state index contributed by atoms with van der Waals surface area (Å²) in [6, 6.07) is 6.38. The van der Waals surface area contributed by atoms with E-state index in [1.165, 1.54) is 43.5 Å². The van der Waals surface area contributed by atoms with Gasteiger partial charge < -0.3 is 10.2 Å². The Morgan fingerprint density at radius 3 is 2.50 bits per heavy atom. The molecule has 2 nitrogen and oxygen atoms in total. The van der Waals surface area contributed by atoms with Crippen LogP contribution in [0.15, 0.2) is 22.7 Å². The molecule has 0 amide bonds. The molecule has 0 aliphatic carbocycles. The van der Waals surface area contributed by atoms with Crippen molar-refractivity contribution in [3.8, 4) is 0 Å². The van der Waals surface area contributed by atoms with E-state index >= 15 is 0 Å². The van der Waals surface area contributed by atoms with Crippen LogP contribution in [0.4, 0.5) is 11.4 Å². The van der Waals surface area contributed by atoms with Gasteiger partial charge in [-0.1, -0.05) is 48.5 Å². The molecule has 102 valence electrons. The number of rotatable bonds is 8. The molecule has 0 unspecified atom stereocenters. The highest BCUT2D eigenvalue weighted by atomic mass is 79.9. The van der Waals surface area contributed by atoms with Crippen LogP contribution in [0, 0.1) is 0 Å². The Bertz CT molecular complexity index is 350. The van der Waals surface area contributed by atoms with Gasteiger partial charge in [0, 0.05) is 25.1 Å². The smallest absolute Gasteiger partial charge is 0.0597 e. The Balaban J connectivity index is 2.43. The molecule has 1 N–H and O–H groups in total. The van der Waals surface area contributed by atoms with Crippen molar-refractivity contribution in [2.24, 2.45) is 0 Å². The molecule has 0 radical (unpaired) electrons. The molecule has 18 heavy (non-hydrogen) atoms. The van der Waals surface area contributed by atoms with Gasteiger partial charge in [-0.25, -0.2) is 0 Å². The van der Waals surface area contributed by atoms with Crippen molar-refractivity contribution in [1.82, 2.24) is 0 Å². The van der Waals surface area contributed by atoms with Crippen LogP contribution in [0.5, 0.6) is 0 Å². The molecule has 0 aliphatic heterocycles. The summed E-state index contributed by atoms with van der Waals surface area (Å²) in [5, 5.41) is 3.54. The molecule has 0 spiro atoms. The zero-order valence-corrected chi connectivity index (χ0v) is 13.4. The second-order valence-electron chi connectivity index (χ2n) is 4.90. The van der Waals surface area contributed by atoms with Gasteiger partial charge in [0.1, 0.15) is 0 Å². The maximum absolute atomic E-state index is 3.54. The highest BCUT2D eigenvalue weighted by molar-refractivity contribution is 9.10. The lowest BCUT2D eigenvalue weighted by Gasteiger charge is -2.19. The van der Waals surface area contributed by atoms with Crippen molar-refractivity contribution in [2.75, 3.05) is 30.9 Å². The van der Waals surface area contributed by atoms with Crippen LogP contribution < -0.4 is 10.2 Å². The first-order valence-electron chi connectivity index (χ1n) is 6.86. The topological polar surface area (TPSA) is 15.3 Å². The molecule has 0 aliphatic rings. The number of unbranched alkanes of at least 4 members (excludes halogenated alkanes) is 4. The van der Waals surface area contributed by atoms with Crippen molar-refractivity contribution < 1.29 is 0 Å². The maximum atomic E-state index is 3.54. The minimum Gasteiger partial charge on any atom is -0.383 e. The van der Waals surface area contributed by atoms with E-state index in [1.807, 2.05) is 0 Å². The van der Waals surface area contributed by atoms with Gasteiger partial charge in [-0.2, -0.15) is 0 Å². The Morgan fingerprint density at radius 2 is 1.83 bits per heavy atom. The first-order valence-corrected chi connectivity index (χ1v) is 7.65. The summed E-state index contributed by atoms with van der Waals surface area (Å²) in [6.07, 6.45) is 6.60. The maximum Gasteiger partial charge on any atom is 0.0597 e. The van der Waals surface area contributed by atoms with Gasteiger partial charge in [0.25, 0.3) is 0 Å². The van der Waals surface area contributed by atoms with Gasteiger partial charge >= 0.3 is 0 Å². The largest absolute Gasteiger partial charge is 0.383 e. The Morgan fingerprint density at radius 1 is 1.11 bits per heavy atom. The Labute approximate surface area is 120 Å². The van der Waals surface area contributed by atoms with Gasteiger partial charge in [-0.3, -0.25) is 0 Å². The molecule has 1 aromatic rings. The van der Waals surface area contributed by atoms with E-state index in [-0.39, 0.29) is 0 Å². The number of anilines is 2. The molecule has 3 heteroatoms. The van der Waals surface area contributed by atoms with E-state index in [2.05, 4.69) is 65.4 Å². The standard InChI is InChI=1S/C15H25BrN2/c1-4-5-6-7-8-11-17-14-12-13(16)9-10-15(14)18(2)3/h9-10,12,17H,4-8,11H2,1-3H3. The molecular weight excluding hydrogens is 288 g/mol. The third kappa shape index (κ3) is 5.30. The summed E-state index contributed by atoms with van der Waals surface area (Å²) >= 11 is 3.53. The molecule has 0 saturated heterocycles. The number of hydrogen-bond acceptors (Lipinski definition) is 2. The van der Waals surface area contributed by atoms with Crippen LogP contribution in [0.2, 0.25) is 0 Å². The predicted molar refractivity (Wildman–Crippen MR) is 85.7 cm³/mol. The number of hydrogen-bond donors (Lipinski definition) is 1. The van der Waals surface area contributed by atoms with E-state index < -0.39 is 0 Å². The molecule has 0 fully saturated rings. The van der Waals surface area contributed by atoms with Crippen molar-refractivity contribution in [3.05, 3.63) is 22.7 Å². The van der Waals surface area contributed by atoms with Crippen LogP contribution in [0.3, 0.4) is 0 Å². The summed E-state index contributed by atoms with van der Waals surface area (Å²) in [6.45, 7) is 3.31. The Kier molecular flexibility index (Phi) is 7.18. The number of halogens is 1. The average Bonchev–Trinajstić information content (AvgIpc) is 2.33. The fourth-order valence-electron chi connectivity index (χ4n) is 1.99. The molecule has 0 saturated carbocycles. The third-order valence-electron chi connectivity index (χ3n) is 3.04. The predicted octanol–water partition coefficient (Wildman–Crippen LogP) is 4.90. The zero-order valence-electron chi connectivity index (χ0n) is 11.8. The lowest BCUT2D eigenvalue weighted by Crippen LogP contribution is -2.12. The van der Waals surface area contributed by atoms with Crippen molar-refractivity contribution in [2.45, 2.75) is 39.0 Å². The quantitative estimate of drug-likeness (QED) is 0.687. The molecule has 0 aromatic heterocycles. The lowest BCUT2D eigenvalue weighted by atomic mass is 10.1. The number of nitrogens with zero attached hydrogens (tertiary/aromatic N) is 1. The summed E-state index contributed by atoms with van der Waals surface area (Å²) in [5.41, 5.74) is 2.46. The summed E-state index contributed by atoms with van der Waals surface area (Å²) < 4.78 is 1.13. The number of nitrogens with one attached hydrogen (secondary N) is 1. The van der Waals surface area contributed by atoms with Crippen LogP contribution >= 0.6 is 15.9 Å². The van der Waals surface area contributed by atoms with E-state index in [9.17, 15) is 0 Å². The van der Waals surface area contributed by atoms with Crippen molar-refractivity contribution in [3.63, 3.8) is 0 Å². The fourth-order valence-corrected chi connectivity index (χ4v) is 2.35. The van der Waals surface area contributed by atoms with Gasteiger partial charge in [-0.05, 0) is 24.6 Å². The molecule has 0 atom stereocenters. The second-order valence-corrected chi connectivity index (χ2v) is 5.81. The van der Waals surface area contributed by atoms with Gasteiger partial charge in [0.05, 0.1) is 11.4 Å². The molecular formula is C15H25BrN2. The minimum atomic E-state index is 1.06. The van der Waals surface area contributed by atoms with Gasteiger partial charge in [0.2, 0.25) is 0 Å². The highest BCUT2D eigenvalue weighted by Gasteiger charge is 2.04. The monoisotopic (exact) mass is 312 g/mol. The number of benzene rings is 1. The Hall–Kier alpha value is -0.700. The second kappa shape index (κ2) is 8.41. The van der Waals surface area contributed by atoms with Crippen LogP contribution in [0.1, 0.15) is 39.0 Å². The van der Waals surface area contributed by atoms with Crippen LogP contribution in [0.25, 0.3) is 0 Å². The van der Waals surface area contributed by atoms with Crippen LogP contribution in [-0.4, -0.2) is 20.6 Å². The first kappa shape index (κ1) is 15.4. The zero-order chi connectivity index (χ0) is 13.4. The molecule has 1 aromatic carbocycles. The SMILES string of the molecule is CCCCCCCNc1cc(Br)ccc1N(C)C. The van der Waals surface area contributed by atoms with Gasteiger partial charge in [-0.15, -0.1) is 0 Å². The summed E-state index contributed by atoms with van der Waals surface area (Å²) in [5.74, 6) is 0. The van der Waals surface area contributed by atoms with E-state index in [0.717, 1.165) is 11.0 Å². The van der Waals surface area contributed by atoms with E-state index in [4.69, 9.17) is 0 Å². The molecule has 0 bridgehead atoms. The van der Waals surface area contributed by atoms with E-state index in [1.54, 1.807) is 0 Å². The van der Waals surface area contributed by atoms with Crippen molar-refractivity contribution >= 4 is 27.3 Å². The van der Waals surface area contributed by atoms with E-state index in [0.29, 0.717) is 0 Å². The average molecular weight is 313 g/mol. The first-order chi connectivity index (χ1) is 8.65. The molecule has 0 heterocycles. The fraction of sp³-hybridized carbons (Fsp3) is 0.600. The van der Waals surface area contributed by atoms with Crippen molar-refractivity contribution in [1.29, 1.82) is 0 Å². The normalized spacial score (nSPS) is 10.4. The summed E-state index contributed by atoms with van der Waals surface area (Å²) in [7, 11) is 4.16.